The predicted octanol–water partition coefficient (Wildman–Crippen LogP) is 6.23. The molecule has 304 valence electrons. The second kappa shape index (κ2) is 16.1. The van der Waals surface area contributed by atoms with Crippen LogP contribution in [-0.2, 0) is 51.7 Å². The van der Waals surface area contributed by atoms with Gasteiger partial charge in [0.2, 0.25) is 17.0 Å². The Bertz CT molecular complexity index is 1660. The van der Waals surface area contributed by atoms with Crippen LogP contribution in [0.15, 0.2) is 72.3 Å². The number of benzene rings is 2. The summed E-state index contributed by atoms with van der Waals surface area (Å²) in [6.07, 6.45) is -0.0565. The van der Waals surface area contributed by atoms with E-state index in [4.69, 9.17) is 37.3 Å². The van der Waals surface area contributed by atoms with Crippen LogP contribution in [0.3, 0.4) is 0 Å². The molecule has 13 heteroatoms. The molecule has 0 aliphatic carbocycles. The number of methoxy groups -OCH3 is 1. The molecule has 2 aromatic carbocycles. The van der Waals surface area contributed by atoms with Gasteiger partial charge in [0.1, 0.15) is 24.1 Å². The van der Waals surface area contributed by atoms with Gasteiger partial charge in [0.15, 0.2) is 14.1 Å². The van der Waals surface area contributed by atoms with Crippen LogP contribution in [0.4, 0.5) is 0 Å². The summed E-state index contributed by atoms with van der Waals surface area (Å²) in [5.74, 6) is -4.14. The summed E-state index contributed by atoms with van der Waals surface area (Å²) in [5.41, 5.74) is -6.77. The fourth-order valence-electron chi connectivity index (χ4n) is 7.47. The molecule has 2 aliphatic rings. The molecule has 0 amide bonds. The van der Waals surface area contributed by atoms with E-state index in [0.717, 1.165) is 10.4 Å². The van der Waals surface area contributed by atoms with Crippen LogP contribution in [0.25, 0.3) is 0 Å². The lowest BCUT2D eigenvalue weighted by atomic mass is 9.77. The molecule has 0 radical (unpaired) electrons. The van der Waals surface area contributed by atoms with Gasteiger partial charge in [-0.25, -0.2) is 9.59 Å². The number of fused-ring (bicyclic) bond motifs is 2. The second-order valence-corrected chi connectivity index (χ2v) is 27.0. The van der Waals surface area contributed by atoms with E-state index in [-0.39, 0.29) is 32.0 Å². The van der Waals surface area contributed by atoms with E-state index in [1.165, 1.54) is 20.1 Å². The highest BCUT2D eigenvalue weighted by Crippen LogP contribution is 2.57. The van der Waals surface area contributed by atoms with Crippen molar-refractivity contribution in [3.05, 3.63) is 72.3 Å². The van der Waals surface area contributed by atoms with Crippen molar-refractivity contribution in [3.63, 3.8) is 0 Å². The second-order valence-electron chi connectivity index (χ2n) is 18.3. The van der Waals surface area contributed by atoms with Gasteiger partial charge in [0.25, 0.3) is 8.32 Å². The quantitative estimate of drug-likeness (QED) is 0.0882. The van der Waals surface area contributed by atoms with Crippen LogP contribution in [0, 0.1) is 0 Å². The maximum atomic E-state index is 15.3. The number of esters is 2. The zero-order chi connectivity index (χ0) is 41.3. The van der Waals surface area contributed by atoms with Crippen molar-refractivity contribution in [2.24, 2.45) is 0 Å². The molecule has 0 spiro atoms. The van der Waals surface area contributed by atoms with Crippen molar-refractivity contribution in [3.8, 4) is 0 Å². The number of hydrogen-bond acceptors (Lipinski definition) is 11. The Morgan fingerprint density at radius 2 is 1.29 bits per heavy atom. The lowest BCUT2D eigenvalue weighted by molar-refractivity contribution is -0.364. The highest BCUT2D eigenvalue weighted by Gasteiger charge is 2.79. The molecule has 0 unspecified atom stereocenters. The van der Waals surface area contributed by atoms with Crippen LogP contribution in [0.5, 0.6) is 0 Å². The van der Waals surface area contributed by atoms with Crippen LogP contribution < -0.4 is 10.4 Å². The molecular formula is C42H62O11Si2. The molecule has 11 nitrogen and oxygen atoms in total. The number of rotatable bonds is 15. The summed E-state index contributed by atoms with van der Waals surface area (Å²) >= 11 is 0. The molecule has 0 aromatic heterocycles. The van der Waals surface area contributed by atoms with Gasteiger partial charge >= 0.3 is 11.9 Å². The lowest BCUT2D eigenvalue weighted by Gasteiger charge is -2.56. The maximum absolute atomic E-state index is 15.3. The van der Waals surface area contributed by atoms with Gasteiger partial charge in [-0.1, -0.05) is 81.4 Å². The SMILES string of the molecule is COCOCC[C@@]12O[C@H](CO[Si](c3ccccc3)(c3ccccc3)C(C)(C)C)[C@](O[Si](C)(C)C)(C(=O)OC(C)(C)C)[C@@](C(=O)OC(C)(C)C)(C=C1C(C)=O)O2. The van der Waals surface area contributed by atoms with E-state index in [1.807, 2.05) is 56.0 Å². The van der Waals surface area contributed by atoms with E-state index in [0.29, 0.717) is 0 Å². The zero-order valence-corrected chi connectivity index (χ0v) is 37.2. The van der Waals surface area contributed by atoms with E-state index < -0.39 is 73.7 Å². The van der Waals surface area contributed by atoms with Gasteiger partial charge in [-0.2, -0.15) is 0 Å². The smallest absolute Gasteiger partial charge is 0.346 e. The Labute approximate surface area is 329 Å². The summed E-state index contributed by atoms with van der Waals surface area (Å²) in [7, 11) is -4.72. The average molecular weight is 799 g/mol. The molecule has 55 heavy (non-hydrogen) atoms. The fourth-order valence-corrected chi connectivity index (χ4v) is 13.4. The Hall–Kier alpha value is -3.02. The lowest BCUT2D eigenvalue weighted by Crippen LogP contribution is -2.79. The van der Waals surface area contributed by atoms with Crippen LogP contribution >= 0.6 is 0 Å². The van der Waals surface area contributed by atoms with Crippen molar-refractivity contribution < 1.29 is 51.7 Å². The third kappa shape index (κ3) is 9.09. The maximum Gasteiger partial charge on any atom is 0.346 e. The largest absolute Gasteiger partial charge is 0.458 e. The third-order valence-corrected chi connectivity index (χ3v) is 15.3. The van der Waals surface area contributed by atoms with E-state index >= 15 is 9.59 Å². The Morgan fingerprint density at radius 1 is 0.782 bits per heavy atom. The number of carbonyl (C=O) groups is 3. The number of Topliss-reactive ketones (excluding diaryl/α,β-unsaturated/α-hetero) is 1. The molecule has 4 rings (SSSR count). The average Bonchev–Trinajstić information content (AvgIpc) is 3.36. The minimum absolute atomic E-state index is 0.0134. The van der Waals surface area contributed by atoms with E-state index in [2.05, 4.69) is 45.0 Å². The number of hydrogen-bond donors (Lipinski definition) is 0. The van der Waals surface area contributed by atoms with Gasteiger partial charge in [-0.05, 0) is 89.6 Å². The van der Waals surface area contributed by atoms with Crippen molar-refractivity contribution >= 4 is 44.7 Å². The van der Waals surface area contributed by atoms with Crippen LogP contribution in [0.2, 0.25) is 24.7 Å². The molecule has 0 N–H and O–H groups in total. The summed E-state index contributed by atoms with van der Waals surface area (Å²) in [5, 5.41) is 1.51. The minimum atomic E-state index is -3.31. The molecule has 0 saturated carbocycles. The first-order chi connectivity index (χ1) is 25.3. The predicted molar refractivity (Wildman–Crippen MR) is 215 cm³/mol. The van der Waals surface area contributed by atoms with Gasteiger partial charge in [-0.15, -0.1) is 0 Å². The fraction of sp³-hybridized carbons (Fsp3) is 0.595. The van der Waals surface area contributed by atoms with Crippen molar-refractivity contribution in [1.82, 2.24) is 0 Å². The summed E-state index contributed by atoms with van der Waals surface area (Å²) in [6.45, 7) is 23.5. The van der Waals surface area contributed by atoms with E-state index in [9.17, 15) is 4.79 Å². The van der Waals surface area contributed by atoms with Crippen molar-refractivity contribution in [2.45, 2.75) is 135 Å². The Morgan fingerprint density at radius 3 is 1.73 bits per heavy atom. The van der Waals surface area contributed by atoms with Gasteiger partial charge in [0, 0.05) is 13.5 Å². The molecule has 2 bridgehead atoms. The van der Waals surface area contributed by atoms with Gasteiger partial charge in [0.05, 0.1) is 18.8 Å². The Kier molecular flexibility index (Phi) is 13.1. The zero-order valence-electron chi connectivity index (χ0n) is 35.2. The molecule has 1 fully saturated rings. The van der Waals surface area contributed by atoms with Crippen LogP contribution in [-0.4, -0.2) is 95.8 Å². The topological polar surface area (TPSA) is 125 Å². The van der Waals surface area contributed by atoms with Gasteiger partial charge < -0.3 is 37.3 Å². The first-order valence-electron chi connectivity index (χ1n) is 18.9. The number of carbonyl (C=O) groups excluding carboxylic acids is 3. The summed E-state index contributed by atoms with van der Waals surface area (Å²) < 4.78 is 51.6. The molecule has 2 aliphatic heterocycles. The van der Waals surface area contributed by atoms with Crippen molar-refractivity contribution in [1.29, 1.82) is 0 Å². The highest BCUT2D eigenvalue weighted by molar-refractivity contribution is 6.99. The molecule has 4 atom stereocenters. The monoisotopic (exact) mass is 798 g/mol. The molecule has 2 heterocycles. The van der Waals surface area contributed by atoms with Crippen LogP contribution in [0.1, 0.15) is 75.7 Å². The van der Waals surface area contributed by atoms with Crippen molar-refractivity contribution in [2.75, 3.05) is 27.1 Å². The standard InChI is InChI=1S/C42H62O11Si2/c1-30(43)33-27-40(35(44)50-37(2,3)4)42(53-54(12,13)14,36(45)51-38(5,6)7)34(49-41(33,52-40)25-26-47-29-46-11)28-48-55(39(8,9)10,31-21-17-15-18-22-31)32-23-19-16-20-24-32/h15-24,27,34H,25-26,28-29H2,1-14H3/t34-,40+,41+,42+/m1/s1. The molecule has 2 aromatic rings. The first-order valence-corrected chi connectivity index (χ1v) is 24.2. The molecule has 1 saturated heterocycles. The highest BCUT2D eigenvalue weighted by atomic mass is 28.4. The third-order valence-electron chi connectivity index (χ3n) is 9.32. The molecular weight excluding hydrogens is 737 g/mol. The van der Waals surface area contributed by atoms with Gasteiger partial charge in [-0.3, -0.25) is 4.79 Å². The number of ketones is 1. The Balaban J connectivity index is 2.11. The summed E-state index contributed by atoms with van der Waals surface area (Å²) in [4.78, 5) is 44.2. The summed E-state index contributed by atoms with van der Waals surface area (Å²) in [6, 6.07) is 20.1. The first kappa shape index (κ1) is 44.7. The normalized spacial score (nSPS) is 24.6. The minimum Gasteiger partial charge on any atom is -0.458 e. The van der Waals surface area contributed by atoms with E-state index in [1.54, 1.807) is 41.5 Å². The number of ether oxygens (including phenoxy) is 6.